The van der Waals surface area contributed by atoms with Crippen molar-refractivity contribution in [3.05, 3.63) is 35.1 Å². The van der Waals surface area contributed by atoms with Crippen LogP contribution in [0.2, 0.25) is 0 Å². The predicted molar refractivity (Wildman–Crippen MR) is 56.3 cm³/mol. The molecule has 0 fully saturated rings. The van der Waals surface area contributed by atoms with E-state index in [1.54, 1.807) is 13.0 Å². The molecule has 1 aromatic carbocycles. The van der Waals surface area contributed by atoms with Gasteiger partial charge in [0.2, 0.25) is 0 Å². The number of benzene rings is 1. The number of carbonyl (C=O) groups is 1. The van der Waals surface area contributed by atoms with Crippen molar-refractivity contribution in [2.75, 3.05) is 0 Å². The van der Waals surface area contributed by atoms with E-state index in [1.165, 1.54) is 6.07 Å². The standard InChI is InChI=1S/C12H15FO2/c1-9-8-10(6-7-11(9)13)4-2-3-5-12(14)15/h6-8H,2-5H2,1H3,(H,14,15). The monoisotopic (exact) mass is 210 g/mol. The van der Waals surface area contributed by atoms with Crippen molar-refractivity contribution in [1.29, 1.82) is 0 Å². The third kappa shape index (κ3) is 4.11. The van der Waals surface area contributed by atoms with Crippen molar-refractivity contribution >= 4 is 5.97 Å². The highest BCUT2D eigenvalue weighted by Crippen LogP contribution is 2.12. The molecule has 0 saturated carbocycles. The molecule has 0 atom stereocenters. The third-order valence-corrected chi connectivity index (χ3v) is 2.33. The number of carboxylic acid groups (broad SMARTS) is 1. The second-order valence-electron chi connectivity index (χ2n) is 3.68. The van der Waals surface area contributed by atoms with Gasteiger partial charge in [-0.05, 0) is 43.4 Å². The normalized spacial score (nSPS) is 10.3. The van der Waals surface area contributed by atoms with Gasteiger partial charge >= 0.3 is 5.97 Å². The minimum Gasteiger partial charge on any atom is -0.481 e. The summed E-state index contributed by atoms with van der Waals surface area (Å²) in [5.41, 5.74) is 1.71. The minimum atomic E-state index is -0.759. The Morgan fingerprint density at radius 1 is 1.40 bits per heavy atom. The summed E-state index contributed by atoms with van der Waals surface area (Å²) in [6.07, 6.45) is 2.53. The van der Waals surface area contributed by atoms with Crippen LogP contribution >= 0.6 is 0 Å². The van der Waals surface area contributed by atoms with Gasteiger partial charge in [-0.2, -0.15) is 0 Å². The molecular weight excluding hydrogens is 195 g/mol. The van der Waals surface area contributed by atoms with E-state index in [9.17, 15) is 9.18 Å². The average molecular weight is 210 g/mol. The number of halogens is 1. The van der Waals surface area contributed by atoms with Gasteiger partial charge in [0.05, 0.1) is 0 Å². The summed E-state index contributed by atoms with van der Waals surface area (Å²) < 4.78 is 12.9. The highest BCUT2D eigenvalue weighted by Gasteiger charge is 2.00. The van der Waals surface area contributed by atoms with E-state index in [1.807, 2.05) is 6.07 Å². The highest BCUT2D eigenvalue weighted by atomic mass is 19.1. The van der Waals surface area contributed by atoms with Gasteiger partial charge in [-0.15, -0.1) is 0 Å². The number of carboxylic acids is 1. The summed E-state index contributed by atoms with van der Waals surface area (Å²) in [7, 11) is 0. The van der Waals surface area contributed by atoms with Crippen molar-refractivity contribution in [2.24, 2.45) is 0 Å². The van der Waals surface area contributed by atoms with Crippen molar-refractivity contribution < 1.29 is 14.3 Å². The molecule has 2 nitrogen and oxygen atoms in total. The van der Waals surface area contributed by atoms with Crippen molar-refractivity contribution in [3.8, 4) is 0 Å². The average Bonchev–Trinajstić information content (AvgIpc) is 2.18. The predicted octanol–water partition coefficient (Wildman–Crippen LogP) is 2.93. The second-order valence-corrected chi connectivity index (χ2v) is 3.68. The number of unbranched alkanes of at least 4 members (excludes halogenated alkanes) is 1. The molecule has 1 aromatic rings. The quantitative estimate of drug-likeness (QED) is 0.759. The third-order valence-electron chi connectivity index (χ3n) is 2.33. The van der Waals surface area contributed by atoms with Gasteiger partial charge in [-0.1, -0.05) is 12.1 Å². The zero-order valence-electron chi connectivity index (χ0n) is 8.79. The Bertz CT molecular complexity index is 347. The van der Waals surface area contributed by atoms with E-state index in [2.05, 4.69) is 0 Å². The van der Waals surface area contributed by atoms with Crippen LogP contribution in [-0.2, 0) is 11.2 Å². The molecule has 1 N–H and O–H groups in total. The summed E-state index contributed by atoms with van der Waals surface area (Å²) in [5.74, 6) is -0.949. The number of aryl methyl sites for hydroxylation is 2. The lowest BCUT2D eigenvalue weighted by atomic mass is 10.0. The zero-order valence-corrected chi connectivity index (χ0v) is 8.79. The molecule has 82 valence electrons. The van der Waals surface area contributed by atoms with Crippen LogP contribution < -0.4 is 0 Å². The maximum Gasteiger partial charge on any atom is 0.303 e. The Kier molecular flexibility index (Phi) is 4.28. The summed E-state index contributed by atoms with van der Waals surface area (Å²) in [5, 5.41) is 8.44. The van der Waals surface area contributed by atoms with Crippen molar-refractivity contribution in [3.63, 3.8) is 0 Å². The van der Waals surface area contributed by atoms with Crippen LogP contribution in [0.3, 0.4) is 0 Å². The number of rotatable bonds is 5. The van der Waals surface area contributed by atoms with Gasteiger partial charge < -0.3 is 5.11 Å². The Morgan fingerprint density at radius 3 is 2.73 bits per heavy atom. The van der Waals surface area contributed by atoms with Crippen molar-refractivity contribution in [1.82, 2.24) is 0 Å². The molecule has 0 unspecified atom stereocenters. The van der Waals surface area contributed by atoms with Crippen molar-refractivity contribution in [2.45, 2.75) is 32.6 Å². The topological polar surface area (TPSA) is 37.3 Å². The molecule has 0 aliphatic rings. The molecule has 0 saturated heterocycles. The fraction of sp³-hybridized carbons (Fsp3) is 0.417. The molecule has 3 heteroatoms. The van der Waals surface area contributed by atoms with Gasteiger partial charge in [0.15, 0.2) is 0 Å². The first-order chi connectivity index (χ1) is 7.09. The van der Waals surface area contributed by atoms with Gasteiger partial charge in [0.1, 0.15) is 5.82 Å². The van der Waals surface area contributed by atoms with E-state index < -0.39 is 5.97 Å². The van der Waals surface area contributed by atoms with E-state index >= 15 is 0 Å². The molecule has 0 radical (unpaired) electrons. The second kappa shape index (κ2) is 5.49. The number of aliphatic carboxylic acids is 1. The Hall–Kier alpha value is -1.38. The van der Waals surface area contributed by atoms with Crippen LogP contribution in [-0.4, -0.2) is 11.1 Å². The molecule has 0 spiro atoms. The SMILES string of the molecule is Cc1cc(CCCCC(=O)O)ccc1F. The number of hydrogen-bond acceptors (Lipinski definition) is 1. The fourth-order valence-corrected chi connectivity index (χ4v) is 1.47. The van der Waals surface area contributed by atoms with Gasteiger partial charge in [-0.3, -0.25) is 4.79 Å². The lowest BCUT2D eigenvalue weighted by Gasteiger charge is -2.02. The summed E-state index contributed by atoms with van der Waals surface area (Å²) >= 11 is 0. The van der Waals surface area contributed by atoms with Crippen LogP contribution in [0.5, 0.6) is 0 Å². The van der Waals surface area contributed by atoms with Crippen LogP contribution in [0.25, 0.3) is 0 Å². The van der Waals surface area contributed by atoms with Gasteiger partial charge in [0, 0.05) is 6.42 Å². The van der Waals surface area contributed by atoms with Crippen LogP contribution in [0.1, 0.15) is 30.4 Å². The zero-order chi connectivity index (χ0) is 11.3. The van der Waals surface area contributed by atoms with E-state index in [0.717, 1.165) is 18.4 Å². The van der Waals surface area contributed by atoms with E-state index in [0.29, 0.717) is 12.0 Å². The largest absolute Gasteiger partial charge is 0.481 e. The number of hydrogen-bond donors (Lipinski definition) is 1. The van der Waals surface area contributed by atoms with E-state index in [-0.39, 0.29) is 12.2 Å². The molecule has 0 heterocycles. The molecule has 0 aromatic heterocycles. The van der Waals surface area contributed by atoms with Crippen LogP contribution in [0.4, 0.5) is 4.39 Å². The summed E-state index contributed by atoms with van der Waals surface area (Å²) in [4.78, 5) is 10.3. The Labute approximate surface area is 88.7 Å². The molecule has 1 rings (SSSR count). The maximum absolute atomic E-state index is 12.9. The molecule has 0 aliphatic carbocycles. The first-order valence-electron chi connectivity index (χ1n) is 5.06. The smallest absolute Gasteiger partial charge is 0.303 e. The van der Waals surface area contributed by atoms with Gasteiger partial charge in [0.25, 0.3) is 0 Å². The lowest BCUT2D eigenvalue weighted by molar-refractivity contribution is -0.137. The minimum absolute atomic E-state index is 0.190. The molecular formula is C12H15FO2. The van der Waals surface area contributed by atoms with E-state index in [4.69, 9.17) is 5.11 Å². The molecule has 15 heavy (non-hydrogen) atoms. The Morgan fingerprint density at radius 2 is 2.13 bits per heavy atom. The first kappa shape index (κ1) is 11.7. The summed E-state index contributed by atoms with van der Waals surface area (Å²) in [6, 6.07) is 5.03. The Balaban J connectivity index is 2.38. The molecule has 0 amide bonds. The lowest BCUT2D eigenvalue weighted by Crippen LogP contribution is -1.95. The van der Waals surface area contributed by atoms with Crippen LogP contribution in [0, 0.1) is 12.7 Å². The van der Waals surface area contributed by atoms with Gasteiger partial charge in [-0.25, -0.2) is 4.39 Å². The highest BCUT2D eigenvalue weighted by molar-refractivity contribution is 5.66. The molecule has 0 aliphatic heterocycles. The van der Waals surface area contributed by atoms with Crippen LogP contribution in [0.15, 0.2) is 18.2 Å². The fourth-order valence-electron chi connectivity index (χ4n) is 1.47. The first-order valence-corrected chi connectivity index (χ1v) is 5.06. The summed E-state index contributed by atoms with van der Waals surface area (Å²) in [6.45, 7) is 1.73. The molecule has 0 bridgehead atoms. The maximum atomic E-state index is 12.9.